The van der Waals surface area contributed by atoms with Gasteiger partial charge in [-0.1, -0.05) is 0 Å². The molecule has 0 radical (unpaired) electrons. The van der Waals surface area contributed by atoms with Gasteiger partial charge in [-0.3, -0.25) is 0 Å². The standard InChI is InChI=1S/Ba.6FH.2H2O.Zr/h;6*1H;2*1H2;/q+2;;;;;;;;;+4/p-6. The predicted molar refractivity (Wildman–Crippen MR) is 13.0 cm³/mol. The minimum absolute atomic E-state index is 0. The maximum absolute atomic E-state index is 0. The van der Waals surface area contributed by atoms with Crippen LogP contribution in [0.2, 0.25) is 0 Å². The molecule has 0 aliphatic rings. The van der Waals surface area contributed by atoms with E-state index in [1.807, 2.05) is 0 Å². The van der Waals surface area contributed by atoms with Crippen molar-refractivity contribution >= 4 is 48.9 Å². The smallest absolute Gasteiger partial charge is 1.00 e. The van der Waals surface area contributed by atoms with Crippen molar-refractivity contribution in [1.29, 1.82) is 0 Å². The summed E-state index contributed by atoms with van der Waals surface area (Å²) in [6.07, 6.45) is 0. The van der Waals surface area contributed by atoms with Crippen LogP contribution in [0.3, 0.4) is 0 Å². The van der Waals surface area contributed by atoms with Crippen molar-refractivity contribution in [2.45, 2.75) is 0 Å². The molecule has 0 amide bonds. The minimum atomic E-state index is 0. The molecule has 0 aliphatic heterocycles. The molecular formula is H4BaF6O2Zr. The van der Waals surface area contributed by atoms with Gasteiger partial charge in [-0.25, -0.2) is 0 Å². The summed E-state index contributed by atoms with van der Waals surface area (Å²) < 4.78 is 0. The van der Waals surface area contributed by atoms with E-state index < -0.39 is 0 Å². The predicted octanol–water partition coefficient (Wildman–Crippen LogP) is -20.0. The van der Waals surface area contributed by atoms with E-state index >= 15 is 0 Å². The van der Waals surface area contributed by atoms with E-state index in [2.05, 4.69) is 0 Å². The first-order valence-electron chi connectivity index (χ1n) is 0. The van der Waals surface area contributed by atoms with Crippen LogP contribution in [0.25, 0.3) is 0 Å². The Labute approximate surface area is 113 Å². The molecular weight excluding hydrogens is 375 g/mol. The van der Waals surface area contributed by atoms with E-state index in [1.54, 1.807) is 0 Å². The van der Waals surface area contributed by atoms with E-state index in [1.165, 1.54) is 0 Å². The van der Waals surface area contributed by atoms with Gasteiger partial charge in [0.15, 0.2) is 0 Å². The molecule has 64 valence electrons. The zero-order valence-electron chi connectivity index (χ0n) is 4.47. The second-order valence-corrected chi connectivity index (χ2v) is 0. The molecule has 0 aliphatic carbocycles. The van der Waals surface area contributed by atoms with Crippen LogP contribution in [0.4, 0.5) is 0 Å². The Morgan fingerprint density at radius 2 is 0.400 bits per heavy atom. The van der Waals surface area contributed by atoms with Crippen molar-refractivity contribution in [3.63, 3.8) is 0 Å². The number of halogens is 6. The summed E-state index contributed by atoms with van der Waals surface area (Å²) in [5, 5.41) is 0. The van der Waals surface area contributed by atoms with E-state index in [-0.39, 0.29) is 114 Å². The van der Waals surface area contributed by atoms with Gasteiger partial charge in [0, 0.05) is 0 Å². The Morgan fingerprint density at radius 3 is 0.400 bits per heavy atom. The number of rotatable bonds is 0. The van der Waals surface area contributed by atoms with Gasteiger partial charge in [-0.15, -0.1) is 0 Å². The Kier molecular flexibility index (Phi) is 10700. The van der Waals surface area contributed by atoms with Crippen LogP contribution in [0.1, 0.15) is 0 Å². The van der Waals surface area contributed by atoms with Crippen LogP contribution in [0.5, 0.6) is 0 Å². The first kappa shape index (κ1) is 376. The van der Waals surface area contributed by atoms with Gasteiger partial charge in [0.25, 0.3) is 0 Å². The van der Waals surface area contributed by atoms with Crippen LogP contribution < -0.4 is 28.2 Å². The molecule has 0 aromatic carbocycles. The maximum Gasteiger partial charge on any atom is 4.00 e. The Balaban J connectivity index is 0. The third kappa shape index (κ3) is 209. The van der Waals surface area contributed by atoms with Gasteiger partial charge in [0.2, 0.25) is 0 Å². The molecule has 0 rings (SSSR count). The monoisotopic (exact) mass is 378 g/mol. The average Bonchev–Trinajstić information content (AvgIpc) is 0. The van der Waals surface area contributed by atoms with Gasteiger partial charge in [-0.2, -0.15) is 0 Å². The van der Waals surface area contributed by atoms with Gasteiger partial charge < -0.3 is 39.2 Å². The molecule has 0 aromatic heterocycles. The fraction of sp³-hybridized carbons (Fsp3) is 0. The zero-order valence-corrected chi connectivity index (χ0v) is 11.4. The van der Waals surface area contributed by atoms with E-state index in [0.717, 1.165) is 0 Å². The summed E-state index contributed by atoms with van der Waals surface area (Å²) in [4.78, 5) is 0. The molecule has 0 atom stereocenters. The van der Waals surface area contributed by atoms with Gasteiger partial charge in [-0.05, 0) is 0 Å². The molecule has 2 nitrogen and oxygen atoms in total. The second kappa shape index (κ2) is 284. The molecule has 0 heterocycles. The maximum atomic E-state index is 0. The second-order valence-electron chi connectivity index (χ2n) is 0. The SMILES string of the molecule is O.O.[Ba+2].[F-].[F-].[F-].[F-].[F-].[F-].[Zr+4]. The van der Waals surface area contributed by atoms with E-state index in [0.29, 0.717) is 0 Å². The van der Waals surface area contributed by atoms with Crippen molar-refractivity contribution in [2.75, 3.05) is 0 Å². The van der Waals surface area contributed by atoms with Gasteiger partial charge >= 0.3 is 75.1 Å². The van der Waals surface area contributed by atoms with Crippen molar-refractivity contribution in [1.82, 2.24) is 0 Å². The van der Waals surface area contributed by atoms with Crippen LogP contribution in [-0.2, 0) is 26.2 Å². The summed E-state index contributed by atoms with van der Waals surface area (Å²) in [5.41, 5.74) is 0. The van der Waals surface area contributed by atoms with E-state index in [4.69, 9.17) is 0 Å². The third-order valence-corrected chi connectivity index (χ3v) is 0. The molecule has 10 heteroatoms. The topological polar surface area (TPSA) is 63.0 Å². The molecule has 10 heavy (non-hydrogen) atoms. The Hall–Kier alpha value is 1.95. The molecule has 0 unspecified atom stereocenters. The van der Waals surface area contributed by atoms with Crippen molar-refractivity contribution in [2.24, 2.45) is 0 Å². The first-order valence-corrected chi connectivity index (χ1v) is 0. The fourth-order valence-corrected chi connectivity index (χ4v) is 0. The normalized spacial score (nSPS) is 0. The Morgan fingerprint density at radius 1 is 0.400 bits per heavy atom. The fourth-order valence-electron chi connectivity index (χ4n) is 0. The largest absolute Gasteiger partial charge is 4.00 e. The summed E-state index contributed by atoms with van der Waals surface area (Å²) in [5.74, 6) is 0. The van der Waals surface area contributed by atoms with Crippen LogP contribution in [0.15, 0.2) is 0 Å². The van der Waals surface area contributed by atoms with Crippen molar-refractivity contribution < 1.29 is 65.4 Å². The molecule has 0 bridgehead atoms. The third-order valence-electron chi connectivity index (χ3n) is 0. The van der Waals surface area contributed by atoms with Gasteiger partial charge in [0.1, 0.15) is 0 Å². The van der Waals surface area contributed by atoms with Crippen LogP contribution >= 0.6 is 0 Å². The molecule has 0 spiro atoms. The van der Waals surface area contributed by atoms with Crippen molar-refractivity contribution in [3.8, 4) is 0 Å². The summed E-state index contributed by atoms with van der Waals surface area (Å²) in [6.45, 7) is 0. The first-order chi connectivity index (χ1) is 0. The number of hydrogen-bond donors (Lipinski definition) is 0. The Bertz CT molecular complexity index is 15.7. The molecule has 0 aromatic rings. The van der Waals surface area contributed by atoms with Crippen LogP contribution in [0, 0.1) is 0 Å². The summed E-state index contributed by atoms with van der Waals surface area (Å²) in [6, 6.07) is 0. The number of hydrogen-bond acceptors (Lipinski definition) is 0. The molecule has 0 saturated heterocycles. The zero-order chi connectivity index (χ0) is 0. The van der Waals surface area contributed by atoms with Gasteiger partial charge in [0.05, 0.1) is 0 Å². The average molecular weight is 379 g/mol. The quantitative estimate of drug-likeness (QED) is 0.297. The molecule has 0 saturated carbocycles. The molecule has 4 N–H and O–H groups in total. The van der Waals surface area contributed by atoms with E-state index in [9.17, 15) is 0 Å². The summed E-state index contributed by atoms with van der Waals surface area (Å²) >= 11 is 0. The minimum Gasteiger partial charge on any atom is -1.00 e. The molecule has 0 fully saturated rings. The van der Waals surface area contributed by atoms with Crippen molar-refractivity contribution in [3.05, 3.63) is 0 Å². The summed E-state index contributed by atoms with van der Waals surface area (Å²) in [7, 11) is 0. The van der Waals surface area contributed by atoms with Crippen LogP contribution in [-0.4, -0.2) is 59.8 Å².